The average Bonchev–Trinajstić information content (AvgIpc) is 3.23. The van der Waals surface area contributed by atoms with Gasteiger partial charge in [-0.3, -0.25) is 14.4 Å². The largest absolute Gasteiger partial charge is 0.497 e. The van der Waals surface area contributed by atoms with Crippen LogP contribution in [0, 0.1) is 0 Å². The van der Waals surface area contributed by atoms with Crippen molar-refractivity contribution in [3.05, 3.63) is 53.3 Å². The molecule has 11 nitrogen and oxygen atoms in total. The number of carbonyl (C=O) groups is 3. The standard InChI is InChI=1S/C25H28N4O7S2/c1-35-19-8-9-20-21(14-19)37-25(29(20)15-24(32)36-2)26-22(30)16-38(33,34)17-23(31)28-12-10-27(11-13-28)18-6-4-3-5-7-18/h3-9,14H,10-13,15-17H2,1-2H3. The third-order valence-electron chi connectivity index (χ3n) is 6.07. The molecule has 2 aromatic carbocycles. The lowest BCUT2D eigenvalue weighted by Gasteiger charge is -2.36. The second kappa shape index (κ2) is 11.8. The summed E-state index contributed by atoms with van der Waals surface area (Å²) < 4.78 is 37.5. The third kappa shape index (κ3) is 6.58. The number of hydrogen-bond donors (Lipinski definition) is 0. The number of sulfone groups is 1. The van der Waals surface area contributed by atoms with Crippen molar-refractivity contribution >= 4 is 54.9 Å². The maximum Gasteiger partial charge on any atom is 0.325 e. The number of piperazine rings is 1. The predicted octanol–water partition coefficient (Wildman–Crippen LogP) is 1.08. The van der Waals surface area contributed by atoms with E-state index in [9.17, 15) is 22.8 Å². The van der Waals surface area contributed by atoms with Gasteiger partial charge < -0.3 is 23.8 Å². The van der Waals surface area contributed by atoms with E-state index in [4.69, 9.17) is 9.47 Å². The number of carbonyl (C=O) groups excluding carboxylic acids is 3. The van der Waals surface area contributed by atoms with Gasteiger partial charge in [0.05, 0.1) is 24.4 Å². The van der Waals surface area contributed by atoms with Crippen molar-refractivity contribution in [2.24, 2.45) is 4.99 Å². The second-order valence-corrected chi connectivity index (χ2v) is 11.7. The van der Waals surface area contributed by atoms with E-state index in [2.05, 4.69) is 9.89 Å². The molecule has 1 fully saturated rings. The van der Waals surface area contributed by atoms with E-state index in [1.54, 1.807) is 18.2 Å². The molecule has 0 N–H and O–H groups in total. The number of methoxy groups -OCH3 is 2. The van der Waals surface area contributed by atoms with Crippen LogP contribution < -0.4 is 14.4 Å². The number of anilines is 1. The van der Waals surface area contributed by atoms with Gasteiger partial charge in [0.15, 0.2) is 14.6 Å². The number of fused-ring (bicyclic) bond motifs is 1. The summed E-state index contributed by atoms with van der Waals surface area (Å²) in [5.74, 6) is -3.14. The van der Waals surface area contributed by atoms with Crippen LogP contribution in [0.15, 0.2) is 53.5 Å². The van der Waals surface area contributed by atoms with Crippen molar-refractivity contribution < 1.29 is 32.3 Å². The van der Waals surface area contributed by atoms with Crippen LogP contribution in [0.2, 0.25) is 0 Å². The number of benzene rings is 2. The molecule has 0 bridgehead atoms. The van der Waals surface area contributed by atoms with E-state index in [0.717, 1.165) is 17.0 Å². The fourth-order valence-electron chi connectivity index (χ4n) is 4.12. The molecule has 0 radical (unpaired) electrons. The lowest BCUT2D eigenvalue weighted by Crippen LogP contribution is -2.50. The smallest absolute Gasteiger partial charge is 0.325 e. The highest BCUT2D eigenvalue weighted by Gasteiger charge is 2.27. The molecular weight excluding hydrogens is 532 g/mol. The van der Waals surface area contributed by atoms with Gasteiger partial charge in [-0.1, -0.05) is 29.5 Å². The summed E-state index contributed by atoms with van der Waals surface area (Å²) in [5.41, 5.74) is 1.66. The van der Waals surface area contributed by atoms with E-state index in [1.165, 1.54) is 23.7 Å². The van der Waals surface area contributed by atoms with E-state index in [-0.39, 0.29) is 11.3 Å². The fraction of sp³-hybridized carbons (Fsp3) is 0.360. The number of nitrogens with zero attached hydrogens (tertiary/aromatic N) is 4. The predicted molar refractivity (Wildman–Crippen MR) is 143 cm³/mol. The van der Waals surface area contributed by atoms with Crippen LogP contribution in [-0.4, -0.2) is 87.6 Å². The van der Waals surface area contributed by atoms with Gasteiger partial charge in [-0.25, -0.2) is 8.42 Å². The summed E-state index contributed by atoms with van der Waals surface area (Å²) in [6.07, 6.45) is 0. The van der Waals surface area contributed by atoms with Crippen LogP contribution in [0.1, 0.15) is 0 Å². The third-order valence-corrected chi connectivity index (χ3v) is 8.48. The number of hydrogen-bond acceptors (Lipinski definition) is 9. The summed E-state index contributed by atoms with van der Waals surface area (Å²) in [4.78, 5) is 45.1. The lowest BCUT2D eigenvalue weighted by atomic mass is 10.2. The van der Waals surface area contributed by atoms with Crippen LogP contribution >= 0.6 is 11.3 Å². The van der Waals surface area contributed by atoms with Gasteiger partial charge in [0, 0.05) is 31.9 Å². The molecule has 38 heavy (non-hydrogen) atoms. The minimum absolute atomic E-state index is 0.141. The zero-order chi connectivity index (χ0) is 27.3. The Morgan fingerprint density at radius 1 is 0.974 bits per heavy atom. The maximum absolute atomic E-state index is 12.7. The Morgan fingerprint density at radius 3 is 2.34 bits per heavy atom. The minimum atomic E-state index is -4.06. The van der Waals surface area contributed by atoms with Crippen molar-refractivity contribution in [3.8, 4) is 5.75 Å². The van der Waals surface area contributed by atoms with Gasteiger partial charge in [0.2, 0.25) is 5.91 Å². The zero-order valence-corrected chi connectivity index (χ0v) is 22.7. The molecule has 0 saturated carbocycles. The summed E-state index contributed by atoms with van der Waals surface area (Å²) in [6, 6.07) is 14.9. The first kappa shape index (κ1) is 27.3. The lowest BCUT2D eigenvalue weighted by molar-refractivity contribution is -0.141. The number of aromatic nitrogens is 1. The first-order valence-corrected chi connectivity index (χ1v) is 14.4. The first-order chi connectivity index (χ1) is 18.2. The molecule has 0 atom stereocenters. The fourth-order valence-corrected chi connectivity index (χ4v) is 6.30. The average molecular weight is 561 g/mol. The van der Waals surface area contributed by atoms with E-state index >= 15 is 0 Å². The molecular formula is C25H28N4O7S2. The maximum atomic E-state index is 12.7. The van der Waals surface area contributed by atoms with Crippen LogP contribution in [-0.2, 0) is 35.5 Å². The molecule has 13 heteroatoms. The number of rotatable bonds is 8. The quantitative estimate of drug-likeness (QED) is 0.375. The van der Waals surface area contributed by atoms with Crippen LogP contribution in [0.5, 0.6) is 5.75 Å². The second-order valence-electron chi connectivity index (χ2n) is 8.62. The Labute approximate surface area is 223 Å². The van der Waals surface area contributed by atoms with Crippen molar-refractivity contribution in [2.75, 3.05) is 56.8 Å². The van der Waals surface area contributed by atoms with E-state index < -0.39 is 39.1 Å². The Morgan fingerprint density at radius 2 is 1.68 bits per heavy atom. The molecule has 2 heterocycles. The van der Waals surface area contributed by atoms with Gasteiger partial charge in [0.25, 0.3) is 5.91 Å². The monoisotopic (exact) mass is 560 g/mol. The minimum Gasteiger partial charge on any atom is -0.497 e. The van der Waals surface area contributed by atoms with Gasteiger partial charge in [-0.2, -0.15) is 4.99 Å². The van der Waals surface area contributed by atoms with Gasteiger partial charge in [0.1, 0.15) is 23.8 Å². The highest BCUT2D eigenvalue weighted by molar-refractivity contribution is 7.92. The summed E-state index contributed by atoms with van der Waals surface area (Å²) >= 11 is 1.11. The topological polar surface area (TPSA) is 128 Å². The molecule has 0 spiro atoms. The Bertz CT molecular complexity index is 1510. The van der Waals surface area contributed by atoms with Crippen molar-refractivity contribution in [1.29, 1.82) is 0 Å². The molecule has 1 saturated heterocycles. The number of amides is 2. The van der Waals surface area contributed by atoms with Gasteiger partial charge >= 0.3 is 5.97 Å². The molecule has 4 rings (SSSR count). The van der Waals surface area contributed by atoms with Crippen molar-refractivity contribution in [1.82, 2.24) is 9.47 Å². The Hall–Kier alpha value is -3.71. The van der Waals surface area contributed by atoms with E-state index in [0.29, 0.717) is 42.1 Å². The summed E-state index contributed by atoms with van der Waals surface area (Å²) in [6.45, 7) is 1.73. The molecule has 1 aliphatic heterocycles. The number of esters is 1. The molecule has 202 valence electrons. The molecule has 1 aromatic heterocycles. The van der Waals surface area contributed by atoms with E-state index in [1.807, 2.05) is 30.3 Å². The highest BCUT2D eigenvalue weighted by atomic mass is 32.2. The van der Waals surface area contributed by atoms with Crippen LogP contribution in [0.4, 0.5) is 5.69 Å². The molecule has 0 unspecified atom stereocenters. The number of para-hydroxylation sites is 1. The Kier molecular flexibility index (Phi) is 8.47. The number of ether oxygens (including phenoxy) is 2. The molecule has 3 aromatic rings. The van der Waals surface area contributed by atoms with Crippen molar-refractivity contribution in [2.45, 2.75) is 6.54 Å². The molecule has 2 amide bonds. The van der Waals surface area contributed by atoms with Gasteiger partial charge in [-0.05, 0) is 30.3 Å². The molecule has 0 aliphatic carbocycles. The van der Waals surface area contributed by atoms with Gasteiger partial charge in [-0.15, -0.1) is 0 Å². The van der Waals surface area contributed by atoms with Crippen molar-refractivity contribution in [3.63, 3.8) is 0 Å². The normalized spacial score (nSPS) is 14.5. The SMILES string of the molecule is COC(=O)Cn1c(=NC(=O)CS(=O)(=O)CC(=O)N2CCN(c3ccccc3)CC2)sc2cc(OC)ccc21. The highest BCUT2D eigenvalue weighted by Crippen LogP contribution is 2.23. The Balaban J connectivity index is 1.44. The molecule has 1 aliphatic rings. The number of thiazole rings is 1. The summed E-state index contributed by atoms with van der Waals surface area (Å²) in [5, 5.41) is 0. The zero-order valence-electron chi connectivity index (χ0n) is 21.0. The van der Waals surface area contributed by atoms with Crippen LogP contribution in [0.25, 0.3) is 10.2 Å². The first-order valence-electron chi connectivity index (χ1n) is 11.8. The summed E-state index contributed by atoms with van der Waals surface area (Å²) in [7, 11) is -1.30. The van der Waals surface area contributed by atoms with Crippen LogP contribution in [0.3, 0.4) is 0 Å².